The summed E-state index contributed by atoms with van der Waals surface area (Å²) >= 11 is 0. The third-order valence-electron chi connectivity index (χ3n) is 3.27. The van der Waals surface area contributed by atoms with Crippen LogP contribution in [0, 0.1) is 6.92 Å². The molecule has 0 bridgehead atoms. The fourth-order valence-corrected chi connectivity index (χ4v) is 2.00. The first-order valence-corrected chi connectivity index (χ1v) is 7.18. The van der Waals surface area contributed by atoms with Crippen LogP contribution in [0.3, 0.4) is 0 Å². The summed E-state index contributed by atoms with van der Waals surface area (Å²) in [5.74, 6) is -2.67. The second-order valence-corrected chi connectivity index (χ2v) is 5.23. The van der Waals surface area contributed by atoms with Gasteiger partial charge in [0, 0.05) is 12.8 Å². The first-order valence-electron chi connectivity index (χ1n) is 7.18. The number of carbonyl (C=O) groups excluding carboxylic acids is 1. The molecule has 1 atom stereocenters. The van der Waals surface area contributed by atoms with Crippen molar-refractivity contribution >= 4 is 17.8 Å². The van der Waals surface area contributed by atoms with E-state index in [1.165, 1.54) is 5.56 Å². The van der Waals surface area contributed by atoms with E-state index in [2.05, 4.69) is 5.32 Å². The van der Waals surface area contributed by atoms with Gasteiger partial charge in [-0.3, -0.25) is 9.59 Å². The Morgan fingerprint density at radius 1 is 1.09 bits per heavy atom. The van der Waals surface area contributed by atoms with Gasteiger partial charge in [-0.1, -0.05) is 29.8 Å². The fourth-order valence-electron chi connectivity index (χ4n) is 2.00. The van der Waals surface area contributed by atoms with Gasteiger partial charge < -0.3 is 15.5 Å². The molecule has 3 N–H and O–H groups in total. The highest BCUT2D eigenvalue weighted by molar-refractivity contribution is 5.83. The lowest BCUT2D eigenvalue weighted by molar-refractivity contribution is -0.143. The van der Waals surface area contributed by atoms with Crippen molar-refractivity contribution in [3.05, 3.63) is 35.4 Å². The molecule has 6 nitrogen and oxygen atoms in total. The molecule has 0 unspecified atom stereocenters. The van der Waals surface area contributed by atoms with E-state index in [9.17, 15) is 14.4 Å². The number of rotatable bonds is 9. The molecule has 0 aliphatic rings. The first kappa shape index (κ1) is 17.7. The average molecular weight is 307 g/mol. The van der Waals surface area contributed by atoms with Gasteiger partial charge in [0.1, 0.15) is 6.04 Å². The van der Waals surface area contributed by atoms with E-state index in [-0.39, 0.29) is 25.2 Å². The first-order chi connectivity index (χ1) is 10.4. The number of carbonyl (C=O) groups is 3. The predicted octanol–water partition coefficient (Wildman–Crippen LogP) is 1.75. The Bertz CT molecular complexity index is 524. The van der Waals surface area contributed by atoms with Crippen LogP contribution < -0.4 is 5.32 Å². The van der Waals surface area contributed by atoms with Gasteiger partial charge in [0.15, 0.2) is 0 Å². The van der Waals surface area contributed by atoms with Gasteiger partial charge in [-0.2, -0.15) is 0 Å². The van der Waals surface area contributed by atoms with Crippen molar-refractivity contribution in [2.45, 2.75) is 45.1 Å². The van der Waals surface area contributed by atoms with Gasteiger partial charge in [0.25, 0.3) is 0 Å². The summed E-state index contributed by atoms with van der Waals surface area (Å²) in [5.41, 5.74) is 2.29. The molecule has 22 heavy (non-hydrogen) atoms. The molecule has 0 saturated carbocycles. The molecule has 0 aromatic heterocycles. The van der Waals surface area contributed by atoms with Crippen molar-refractivity contribution in [1.82, 2.24) is 5.32 Å². The lowest BCUT2D eigenvalue weighted by Gasteiger charge is -2.13. The summed E-state index contributed by atoms with van der Waals surface area (Å²) in [4.78, 5) is 33.2. The van der Waals surface area contributed by atoms with Gasteiger partial charge in [0.05, 0.1) is 0 Å². The van der Waals surface area contributed by atoms with Crippen molar-refractivity contribution in [3.8, 4) is 0 Å². The quantitative estimate of drug-likeness (QED) is 0.645. The summed E-state index contributed by atoms with van der Waals surface area (Å²) < 4.78 is 0. The number of carboxylic acid groups (broad SMARTS) is 2. The summed E-state index contributed by atoms with van der Waals surface area (Å²) in [6.07, 6.45) is 1.15. The highest BCUT2D eigenvalue weighted by Gasteiger charge is 2.20. The Balaban J connectivity index is 2.35. The van der Waals surface area contributed by atoms with Crippen LogP contribution in [0.15, 0.2) is 24.3 Å². The summed E-state index contributed by atoms with van der Waals surface area (Å²) in [5, 5.41) is 19.9. The summed E-state index contributed by atoms with van der Waals surface area (Å²) in [7, 11) is 0. The van der Waals surface area contributed by atoms with Gasteiger partial charge in [-0.15, -0.1) is 0 Å². The zero-order valence-corrected chi connectivity index (χ0v) is 12.5. The lowest BCUT2D eigenvalue weighted by Crippen LogP contribution is -2.41. The zero-order valence-electron chi connectivity index (χ0n) is 12.5. The molecule has 1 rings (SSSR count). The van der Waals surface area contributed by atoms with Crippen molar-refractivity contribution in [2.24, 2.45) is 0 Å². The van der Waals surface area contributed by atoms with Crippen LogP contribution in [0.2, 0.25) is 0 Å². The van der Waals surface area contributed by atoms with Crippen LogP contribution in [-0.4, -0.2) is 34.1 Å². The van der Waals surface area contributed by atoms with Gasteiger partial charge in [-0.25, -0.2) is 4.79 Å². The number of carboxylic acids is 2. The van der Waals surface area contributed by atoms with E-state index in [4.69, 9.17) is 10.2 Å². The van der Waals surface area contributed by atoms with Crippen LogP contribution in [0.4, 0.5) is 0 Å². The van der Waals surface area contributed by atoms with E-state index >= 15 is 0 Å². The molecule has 1 aromatic carbocycles. The second-order valence-electron chi connectivity index (χ2n) is 5.23. The molecular formula is C16H21NO5. The minimum absolute atomic E-state index is 0.117. The Morgan fingerprint density at radius 3 is 2.27 bits per heavy atom. The zero-order chi connectivity index (χ0) is 16.5. The molecule has 0 spiro atoms. The van der Waals surface area contributed by atoms with Crippen LogP contribution >= 0.6 is 0 Å². The maximum atomic E-state index is 11.7. The Kier molecular flexibility index (Phi) is 7.08. The number of aliphatic carboxylic acids is 2. The van der Waals surface area contributed by atoms with Gasteiger partial charge >= 0.3 is 11.9 Å². The van der Waals surface area contributed by atoms with Gasteiger partial charge in [-0.05, 0) is 31.7 Å². The molecule has 0 radical (unpaired) electrons. The van der Waals surface area contributed by atoms with Crippen molar-refractivity contribution in [1.29, 1.82) is 0 Å². The monoisotopic (exact) mass is 307 g/mol. The van der Waals surface area contributed by atoms with Crippen LogP contribution in [0.1, 0.15) is 36.8 Å². The van der Waals surface area contributed by atoms with E-state index in [0.29, 0.717) is 6.42 Å². The molecule has 0 aliphatic heterocycles. The molecule has 1 aromatic rings. The maximum Gasteiger partial charge on any atom is 0.326 e. The molecule has 6 heteroatoms. The number of nitrogens with one attached hydrogen (secondary N) is 1. The van der Waals surface area contributed by atoms with Crippen molar-refractivity contribution in [2.75, 3.05) is 0 Å². The number of aryl methyl sites for hydroxylation is 2. The SMILES string of the molecule is Cc1ccc(CCCC(=O)N[C@@H](CCC(=O)O)C(=O)O)cc1. The van der Waals surface area contributed by atoms with Crippen molar-refractivity contribution in [3.63, 3.8) is 0 Å². The molecule has 0 fully saturated rings. The lowest BCUT2D eigenvalue weighted by atomic mass is 10.1. The van der Waals surface area contributed by atoms with E-state index in [1.807, 2.05) is 31.2 Å². The Labute approximate surface area is 129 Å². The average Bonchev–Trinajstić information content (AvgIpc) is 2.45. The third kappa shape index (κ3) is 6.88. The van der Waals surface area contributed by atoms with E-state index < -0.39 is 18.0 Å². The standard InChI is InChI=1S/C16H21NO5/c1-11-5-7-12(8-6-11)3-2-4-14(18)17-13(16(21)22)9-10-15(19)20/h5-8,13H,2-4,9-10H2,1H3,(H,17,18)(H,19,20)(H,21,22)/t13-/m0/s1. The molecule has 120 valence electrons. The molecule has 1 amide bonds. The number of amides is 1. The largest absolute Gasteiger partial charge is 0.481 e. The van der Waals surface area contributed by atoms with Crippen molar-refractivity contribution < 1.29 is 24.6 Å². The van der Waals surface area contributed by atoms with E-state index in [1.54, 1.807) is 0 Å². The smallest absolute Gasteiger partial charge is 0.326 e. The fraction of sp³-hybridized carbons (Fsp3) is 0.438. The number of benzene rings is 1. The van der Waals surface area contributed by atoms with Crippen LogP contribution in [0.5, 0.6) is 0 Å². The number of hydrogen-bond donors (Lipinski definition) is 3. The highest BCUT2D eigenvalue weighted by Crippen LogP contribution is 2.07. The topological polar surface area (TPSA) is 104 Å². The highest BCUT2D eigenvalue weighted by atomic mass is 16.4. The maximum absolute atomic E-state index is 11.7. The Morgan fingerprint density at radius 2 is 1.73 bits per heavy atom. The summed E-state index contributed by atoms with van der Waals surface area (Å²) in [6.45, 7) is 2.00. The van der Waals surface area contributed by atoms with Crippen LogP contribution in [-0.2, 0) is 20.8 Å². The minimum Gasteiger partial charge on any atom is -0.481 e. The third-order valence-corrected chi connectivity index (χ3v) is 3.27. The second kappa shape index (κ2) is 8.81. The minimum atomic E-state index is -1.21. The summed E-state index contributed by atoms with van der Waals surface area (Å²) in [6, 6.07) is 6.85. The molecule has 0 saturated heterocycles. The Hall–Kier alpha value is -2.37. The normalized spacial score (nSPS) is 11.7. The number of hydrogen-bond acceptors (Lipinski definition) is 3. The molecule has 0 aliphatic carbocycles. The van der Waals surface area contributed by atoms with E-state index in [0.717, 1.165) is 12.0 Å². The van der Waals surface area contributed by atoms with Crippen LogP contribution in [0.25, 0.3) is 0 Å². The molecule has 0 heterocycles. The van der Waals surface area contributed by atoms with Gasteiger partial charge in [0.2, 0.25) is 5.91 Å². The molecular weight excluding hydrogens is 286 g/mol. The predicted molar refractivity (Wildman–Crippen MR) is 80.6 cm³/mol.